The third-order valence-electron chi connectivity index (χ3n) is 4.75. The summed E-state index contributed by atoms with van der Waals surface area (Å²) in [6.07, 6.45) is 1.47. The summed E-state index contributed by atoms with van der Waals surface area (Å²) in [4.78, 5) is 27.4. The molecule has 1 N–H and O–H groups in total. The highest BCUT2D eigenvalue weighted by Crippen LogP contribution is 2.45. The SMILES string of the molecule is CC(C)(C)C(=O)C1=C(O)C(=O)N(c2ccc3c(c2)OCCO3)C1c1ccco1. The number of ether oxygens (including phenoxy) is 2. The van der Waals surface area contributed by atoms with E-state index >= 15 is 0 Å². The molecule has 0 saturated carbocycles. The molecule has 0 radical (unpaired) electrons. The Bertz CT molecular complexity index is 967. The van der Waals surface area contributed by atoms with Gasteiger partial charge in [0, 0.05) is 17.2 Å². The predicted molar refractivity (Wildman–Crippen MR) is 100 cm³/mol. The molecule has 2 aliphatic heterocycles. The van der Waals surface area contributed by atoms with Crippen molar-refractivity contribution in [3.8, 4) is 11.5 Å². The van der Waals surface area contributed by atoms with Gasteiger partial charge < -0.3 is 19.0 Å². The van der Waals surface area contributed by atoms with E-state index in [0.29, 0.717) is 36.2 Å². The van der Waals surface area contributed by atoms with Gasteiger partial charge in [0.05, 0.1) is 11.8 Å². The van der Waals surface area contributed by atoms with E-state index in [0.717, 1.165) is 0 Å². The molecule has 146 valence electrons. The number of aliphatic hydroxyl groups excluding tert-OH is 1. The van der Waals surface area contributed by atoms with Gasteiger partial charge in [-0.1, -0.05) is 20.8 Å². The van der Waals surface area contributed by atoms with Crippen molar-refractivity contribution in [2.75, 3.05) is 18.1 Å². The average molecular weight is 383 g/mol. The Balaban J connectivity index is 1.84. The summed E-state index contributed by atoms with van der Waals surface area (Å²) in [5, 5.41) is 10.6. The van der Waals surface area contributed by atoms with Gasteiger partial charge in [0.1, 0.15) is 25.0 Å². The lowest BCUT2D eigenvalue weighted by atomic mass is 9.83. The molecule has 7 heteroatoms. The topological polar surface area (TPSA) is 89.2 Å². The molecule has 1 unspecified atom stereocenters. The molecule has 2 aromatic rings. The molecule has 4 rings (SSSR count). The van der Waals surface area contributed by atoms with Crippen LogP contribution in [0.15, 0.2) is 52.3 Å². The molecule has 0 fully saturated rings. The van der Waals surface area contributed by atoms with Gasteiger partial charge in [-0.15, -0.1) is 0 Å². The molecule has 7 nitrogen and oxygen atoms in total. The lowest BCUT2D eigenvalue weighted by molar-refractivity contribution is -0.123. The number of benzene rings is 1. The molecule has 0 aliphatic carbocycles. The summed E-state index contributed by atoms with van der Waals surface area (Å²) in [5.41, 5.74) is -0.279. The van der Waals surface area contributed by atoms with Gasteiger partial charge in [-0.3, -0.25) is 14.5 Å². The van der Waals surface area contributed by atoms with Gasteiger partial charge in [-0.2, -0.15) is 0 Å². The molecule has 0 spiro atoms. The molecule has 0 saturated heterocycles. The molecular formula is C21H21NO6. The molecule has 1 atom stereocenters. The highest BCUT2D eigenvalue weighted by molar-refractivity contribution is 6.17. The van der Waals surface area contributed by atoms with Crippen LogP contribution in [0.4, 0.5) is 5.69 Å². The molecular weight excluding hydrogens is 362 g/mol. The highest BCUT2D eigenvalue weighted by atomic mass is 16.6. The summed E-state index contributed by atoms with van der Waals surface area (Å²) in [6, 6.07) is 7.56. The molecule has 1 aromatic carbocycles. The smallest absolute Gasteiger partial charge is 0.294 e. The standard InChI is InChI=1S/C21H21NO6/c1-21(2,3)19(24)16-17(14-5-4-8-26-14)22(20(25)18(16)23)12-6-7-13-15(11-12)28-10-9-27-13/h4-8,11,17,23H,9-10H2,1-3H3. The maximum Gasteiger partial charge on any atom is 0.294 e. The van der Waals surface area contributed by atoms with Crippen LogP contribution < -0.4 is 14.4 Å². The first-order valence-corrected chi connectivity index (χ1v) is 9.03. The van der Waals surface area contributed by atoms with Gasteiger partial charge in [-0.05, 0) is 24.3 Å². The first-order valence-electron chi connectivity index (χ1n) is 9.03. The number of carbonyl (C=O) groups excluding carboxylic acids is 2. The number of fused-ring (bicyclic) bond motifs is 1. The van der Waals surface area contributed by atoms with E-state index in [4.69, 9.17) is 13.9 Å². The minimum atomic E-state index is -0.864. The fourth-order valence-electron chi connectivity index (χ4n) is 3.41. The fraction of sp³-hybridized carbons (Fsp3) is 0.333. The zero-order valence-corrected chi connectivity index (χ0v) is 15.9. The number of Topliss-reactive ketones (excluding diaryl/α,β-unsaturated/α-hetero) is 1. The number of rotatable bonds is 3. The van der Waals surface area contributed by atoms with Crippen molar-refractivity contribution in [2.24, 2.45) is 5.41 Å². The first kappa shape index (κ1) is 18.2. The molecule has 1 amide bonds. The number of ketones is 1. The minimum absolute atomic E-state index is 0.0299. The van der Waals surface area contributed by atoms with Gasteiger partial charge in [0.2, 0.25) is 0 Å². The lowest BCUT2D eigenvalue weighted by Gasteiger charge is -2.28. The maximum atomic E-state index is 13.1. The zero-order valence-electron chi connectivity index (χ0n) is 15.9. The number of anilines is 1. The van der Waals surface area contributed by atoms with Crippen LogP contribution in [0.1, 0.15) is 32.6 Å². The van der Waals surface area contributed by atoms with Gasteiger partial charge in [-0.25, -0.2) is 0 Å². The van der Waals surface area contributed by atoms with Gasteiger partial charge in [0.15, 0.2) is 23.0 Å². The lowest BCUT2D eigenvalue weighted by Crippen LogP contribution is -2.32. The van der Waals surface area contributed by atoms with Crippen LogP contribution in [0, 0.1) is 5.41 Å². The van der Waals surface area contributed by atoms with Crippen molar-refractivity contribution in [3.05, 3.63) is 53.7 Å². The Morgan fingerprint density at radius 2 is 1.86 bits per heavy atom. The number of nitrogens with zero attached hydrogens (tertiary/aromatic N) is 1. The van der Waals surface area contributed by atoms with E-state index < -0.39 is 23.1 Å². The molecule has 0 bridgehead atoms. The Hall–Kier alpha value is -3.22. The van der Waals surface area contributed by atoms with E-state index in [9.17, 15) is 14.7 Å². The number of aliphatic hydroxyl groups is 1. The number of furan rings is 1. The van der Waals surface area contributed by atoms with Crippen molar-refractivity contribution in [1.82, 2.24) is 0 Å². The average Bonchev–Trinajstić information content (AvgIpc) is 3.27. The maximum absolute atomic E-state index is 13.1. The summed E-state index contributed by atoms with van der Waals surface area (Å²) in [7, 11) is 0. The van der Waals surface area contributed by atoms with Crippen LogP contribution >= 0.6 is 0 Å². The Morgan fingerprint density at radius 1 is 1.14 bits per heavy atom. The molecule has 2 aliphatic rings. The van der Waals surface area contributed by atoms with Crippen LogP contribution in [0.25, 0.3) is 0 Å². The fourth-order valence-corrected chi connectivity index (χ4v) is 3.41. The van der Waals surface area contributed by atoms with Crippen molar-refractivity contribution in [3.63, 3.8) is 0 Å². The monoisotopic (exact) mass is 383 g/mol. The molecule has 3 heterocycles. The second kappa shape index (κ2) is 6.44. The highest BCUT2D eigenvalue weighted by Gasteiger charge is 2.48. The van der Waals surface area contributed by atoms with E-state index in [1.807, 2.05) is 0 Å². The Labute approximate surface area is 162 Å². The Morgan fingerprint density at radius 3 is 2.50 bits per heavy atom. The van der Waals surface area contributed by atoms with E-state index in [1.165, 1.54) is 11.2 Å². The molecule has 28 heavy (non-hydrogen) atoms. The summed E-state index contributed by atoms with van der Waals surface area (Å²) in [6.45, 7) is 6.09. The van der Waals surface area contributed by atoms with Gasteiger partial charge in [0.25, 0.3) is 5.91 Å². The van der Waals surface area contributed by atoms with Crippen LogP contribution in [0.5, 0.6) is 11.5 Å². The van der Waals surface area contributed by atoms with Gasteiger partial charge >= 0.3 is 0 Å². The Kier molecular flexibility index (Phi) is 4.18. The summed E-state index contributed by atoms with van der Waals surface area (Å²) in [5.74, 6) is -0.0641. The second-order valence-electron chi connectivity index (χ2n) is 7.76. The van der Waals surface area contributed by atoms with Crippen molar-refractivity contribution in [2.45, 2.75) is 26.8 Å². The van der Waals surface area contributed by atoms with E-state index in [2.05, 4.69) is 0 Å². The second-order valence-corrected chi connectivity index (χ2v) is 7.76. The van der Waals surface area contributed by atoms with Crippen LogP contribution in [0.2, 0.25) is 0 Å². The van der Waals surface area contributed by atoms with Crippen molar-refractivity contribution >= 4 is 17.4 Å². The normalized spacial score (nSPS) is 19.3. The zero-order chi connectivity index (χ0) is 20.1. The number of hydrogen-bond acceptors (Lipinski definition) is 6. The third-order valence-corrected chi connectivity index (χ3v) is 4.75. The summed E-state index contributed by atoms with van der Waals surface area (Å²) >= 11 is 0. The first-order chi connectivity index (χ1) is 13.3. The van der Waals surface area contributed by atoms with Crippen LogP contribution in [-0.2, 0) is 9.59 Å². The number of amides is 1. The van der Waals surface area contributed by atoms with Crippen molar-refractivity contribution in [1.29, 1.82) is 0 Å². The largest absolute Gasteiger partial charge is 0.503 e. The van der Waals surface area contributed by atoms with Crippen LogP contribution in [0.3, 0.4) is 0 Å². The quantitative estimate of drug-likeness (QED) is 0.872. The van der Waals surface area contributed by atoms with Crippen molar-refractivity contribution < 1.29 is 28.6 Å². The third kappa shape index (κ3) is 2.83. The van der Waals surface area contributed by atoms with E-state index in [-0.39, 0.29) is 11.4 Å². The van der Waals surface area contributed by atoms with Crippen LogP contribution in [-0.4, -0.2) is 30.0 Å². The van der Waals surface area contributed by atoms with E-state index in [1.54, 1.807) is 51.1 Å². The summed E-state index contributed by atoms with van der Waals surface area (Å²) < 4.78 is 16.7. The predicted octanol–water partition coefficient (Wildman–Crippen LogP) is 3.57. The minimum Gasteiger partial charge on any atom is -0.503 e. The molecule has 1 aromatic heterocycles. The number of carbonyl (C=O) groups is 2. The number of hydrogen-bond donors (Lipinski definition) is 1.